The van der Waals surface area contributed by atoms with E-state index in [-0.39, 0.29) is 48.9 Å². The van der Waals surface area contributed by atoms with Crippen LogP contribution in [0, 0.1) is 34.7 Å². The van der Waals surface area contributed by atoms with Crippen LogP contribution in [0.5, 0.6) is 5.75 Å². The molecule has 0 bridgehead atoms. The third kappa shape index (κ3) is 6.18. The smallest absolute Gasteiger partial charge is 0.249 e. The quantitative estimate of drug-likeness (QED) is 0.124. The number of amides is 1. The summed E-state index contributed by atoms with van der Waals surface area (Å²) in [6.07, 6.45) is 0.267. The molecular formula is C29H28F5N3O3. The molecule has 1 saturated heterocycles. The number of ether oxygens (including phenoxy) is 1. The van der Waals surface area contributed by atoms with Gasteiger partial charge in [0.15, 0.2) is 17.5 Å². The number of piperidine rings is 1. The second-order valence-corrected chi connectivity index (χ2v) is 9.77. The lowest BCUT2D eigenvalue weighted by atomic mass is 9.73. The maximum absolute atomic E-state index is 15.8. The van der Waals surface area contributed by atoms with E-state index in [1.54, 1.807) is 23.7 Å². The number of aromatic nitrogens is 1. The summed E-state index contributed by atoms with van der Waals surface area (Å²) in [6, 6.07) is 6.56. The number of hydrogen-bond donors (Lipinski definition) is 2. The van der Waals surface area contributed by atoms with Gasteiger partial charge in [-0.2, -0.15) is 0 Å². The highest BCUT2D eigenvalue weighted by Gasteiger charge is 2.41. The summed E-state index contributed by atoms with van der Waals surface area (Å²) in [4.78, 5) is 18.9. The molecule has 0 aliphatic carbocycles. The van der Waals surface area contributed by atoms with E-state index in [0.717, 1.165) is 12.1 Å². The van der Waals surface area contributed by atoms with E-state index in [1.165, 1.54) is 13.3 Å². The van der Waals surface area contributed by atoms with Gasteiger partial charge in [0.05, 0.1) is 24.6 Å². The summed E-state index contributed by atoms with van der Waals surface area (Å²) in [5.41, 5.74) is 1.39. The van der Waals surface area contributed by atoms with Gasteiger partial charge in [-0.25, -0.2) is 27.4 Å². The number of carbonyl (C=O) groups excluding carboxylic acids is 1. The van der Waals surface area contributed by atoms with Crippen molar-refractivity contribution in [3.05, 3.63) is 70.7 Å². The van der Waals surface area contributed by atoms with Gasteiger partial charge in [-0.05, 0) is 56.0 Å². The van der Waals surface area contributed by atoms with E-state index >= 15 is 4.39 Å². The van der Waals surface area contributed by atoms with Crippen molar-refractivity contribution in [1.29, 1.82) is 0 Å². The molecule has 6 nitrogen and oxygen atoms in total. The molecule has 2 heterocycles. The van der Waals surface area contributed by atoms with Crippen molar-refractivity contribution in [3.8, 4) is 17.6 Å². The molecule has 11 heteroatoms. The number of hydroxylamine groups is 1. The van der Waals surface area contributed by atoms with Crippen LogP contribution in [0.15, 0.2) is 36.5 Å². The van der Waals surface area contributed by atoms with Gasteiger partial charge >= 0.3 is 0 Å². The number of benzene rings is 2. The van der Waals surface area contributed by atoms with Crippen LogP contribution in [-0.4, -0.2) is 47.7 Å². The third-order valence-corrected chi connectivity index (χ3v) is 7.45. The topological polar surface area (TPSA) is 74.7 Å². The summed E-state index contributed by atoms with van der Waals surface area (Å²) in [5.74, 6) is 1.01. The molecule has 4 rings (SSSR count). The molecule has 1 atom stereocenters. The number of nitrogens with zero attached hydrogens (tertiary/aromatic N) is 2. The second-order valence-electron chi connectivity index (χ2n) is 9.77. The van der Waals surface area contributed by atoms with Crippen molar-refractivity contribution in [1.82, 2.24) is 15.4 Å². The van der Waals surface area contributed by atoms with Crippen LogP contribution in [0.1, 0.15) is 48.5 Å². The lowest BCUT2D eigenvalue weighted by Gasteiger charge is -2.40. The van der Waals surface area contributed by atoms with Crippen LogP contribution in [0.2, 0.25) is 0 Å². The van der Waals surface area contributed by atoms with Crippen molar-refractivity contribution in [3.63, 3.8) is 0 Å². The summed E-state index contributed by atoms with van der Waals surface area (Å²) in [5, 5.41) is 9.85. The van der Waals surface area contributed by atoms with Gasteiger partial charge in [-0.15, -0.1) is 0 Å². The molecular weight excluding hydrogens is 533 g/mol. The Morgan fingerprint density at radius 3 is 2.52 bits per heavy atom. The minimum absolute atomic E-state index is 0.00898. The van der Waals surface area contributed by atoms with Gasteiger partial charge in [0.2, 0.25) is 5.91 Å². The van der Waals surface area contributed by atoms with Gasteiger partial charge < -0.3 is 4.74 Å². The third-order valence-electron chi connectivity index (χ3n) is 7.45. The first-order valence-corrected chi connectivity index (χ1v) is 12.7. The fourth-order valence-electron chi connectivity index (χ4n) is 5.11. The van der Waals surface area contributed by atoms with Gasteiger partial charge in [0.1, 0.15) is 18.6 Å². The van der Waals surface area contributed by atoms with E-state index in [1.807, 2.05) is 4.90 Å². The second kappa shape index (κ2) is 12.6. The van der Waals surface area contributed by atoms with E-state index < -0.39 is 41.6 Å². The molecule has 2 N–H and O–H groups in total. The lowest BCUT2D eigenvalue weighted by Crippen LogP contribution is -2.48. The highest BCUT2D eigenvalue weighted by Crippen LogP contribution is 2.41. The number of pyridine rings is 1. The molecule has 2 aromatic carbocycles. The van der Waals surface area contributed by atoms with Gasteiger partial charge in [-0.3, -0.25) is 19.9 Å². The predicted octanol–water partition coefficient (Wildman–Crippen LogP) is 5.56. The monoisotopic (exact) mass is 561 g/mol. The number of likely N-dealkylation sites (tertiary alicyclic amines) is 1. The minimum Gasteiger partial charge on any atom is -0.497 e. The van der Waals surface area contributed by atoms with Gasteiger partial charge in [0, 0.05) is 41.4 Å². The van der Waals surface area contributed by atoms with Crippen LogP contribution < -0.4 is 10.2 Å². The first-order chi connectivity index (χ1) is 19.2. The largest absolute Gasteiger partial charge is 0.497 e. The Hall–Kier alpha value is -3.75. The number of fused-ring (bicyclic) bond motifs is 1. The zero-order valence-electron chi connectivity index (χ0n) is 21.7. The van der Waals surface area contributed by atoms with Crippen LogP contribution in [0.4, 0.5) is 22.0 Å². The van der Waals surface area contributed by atoms with Crippen molar-refractivity contribution < 1.29 is 36.7 Å². The van der Waals surface area contributed by atoms with E-state index in [4.69, 9.17) is 4.74 Å². The molecule has 1 amide bonds. The van der Waals surface area contributed by atoms with Crippen LogP contribution in [0.3, 0.4) is 0 Å². The Bertz CT molecular complexity index is 1420. The van der Waals surface area contributed by atoms with Gasteiger partial charge in [-0.1, -0.05) is 11.8 Å². The molecule has 1 fully saturated rings. The average molecular weight is 562 g/mol. The summed E-state index contributed by atoms with van der Waals surface area (Å²) in [6.45, 7) is 0.0753. The number of alkyl halides is 2. The maximum Gasteiger partial charge on any atom is 0.249 e. The highest BCUT2D eigenvalue weighted by molar-refractivity contribution is 5.85. The van der Waals surface area contributed by atoms with Crippen molar-refractivity contribution in [2.75, 3.05) is 26.7 Å². The molecule has 40 heavy (non-hydrogen) atoms. The normalized spacial score (nSPS) is 15.8. The fraction of sp³-hybridized carbons (Fsp3) is 0.379. The first kappa shape index (κ1) is 29.2. The summed E-state index contributed by atoms with van der Waals surface area (Å²) in [7, 11) is 1.47. The van der Waals surface area contributed by atoms with Crippen LogP contribution >= 0.6 is 0 Å². The van der Waals surface area contributed by atoms with Crippen molar-refractivity contribution in [2.24, 2.45) is 5.41 Å². The fourth-order valence-corrected chi connectivity index (χ4v) is 5.11. The molecule has 3 aromatic rings. The molecule has 1 aromatic heterocycles. The molecule has 212 valence electrons. The van der Waals surface area contributed by atoms with E-state index in [0.29, 0.717) is 29.7 Å². The molecule has 1 unspecified atom stereocenters. The van der Waals surface area contributed by atoms with E-state index in [9.17, 15) is 27.6 Å². The zero-order chi connectivity index (χ0) is 28.9. The molecule has 0 spiro atoms. The maximum atomic E-state index is 15.8. The standard InChI is InChI=1S/C29H28F5N3O3/c1-40-20-4-5-25-21(15-20)26(19(16-30)17-35-25)22(31)6-7-29(28(38)36-39)8-11-37(12-9-29)10-2-3-18-13-23(32)27(34)24(33)14-18/h4-5,13-15,17,22,39H,6-12,16H2,1H3,(H,36,38). The molecule has 1 aliphatic rings. The zero-order valence-corrected chi connectivity index (χ0v) is 21.7. The first-order valence-electron chi connectivity index (χ1n) is 12.7. The SMILES string of the molecule is COc1ccc2ncc(CF)c(C(F)CCC3(C(=O)NO)CCN(CC#Cc4cc(F)c(F)c(F)c4)CC3)c2c1. The minimum atomic E-state index is -1.60. The number of rotatable bonds is 8. The Kier molecular flexibility index (Phi) is 9.22. The van der Waals surface area contributed by atoms with Gasteiger partial charge in [0.25, 0.3) is 0 Å². The number of halogens is 5. The number of hydrogen-bond acceptors (Lipinski definition) is 5. The molecule has 0 saturated carbocycles. The number of nitrogens with one attached hydrogen (secondary N) is 1. The number of carbonyl (C=O) groups is 1. The predicted molar refractivity (Wildman–Crippen MR) is 137 cm³/mol. The molecule has 1 aliphatic heterocycles. The van der Waals surface area contributed by atoms with Crippen LogP contribution in [-0.2, 0) is 11.5 Å². The Morgan fingerprint density at radius 1 is 1.20 bits per heavy atom. The number of methoxy groups -OCH3 is 1. The Labute approximate surface area is 228 Å². The molecule has 0 radical (unpaired) electrons. The highest BCUT2D eigenvalue weighted by atomic mass is 19.2. The van der Waals surface area contributed by atoms with Crippen LogP contribution in [0.25, 0.3) is 10.9 Å². The Balaban J connectivity index is 1.46. The van der Waals surface area contributed by atoms with Crippen molar-refractivity contribution >= 4 is 16.8 Å². The average Bonchev–Trinajstić information content (AvgIpc) is 2.97. The van der Waals surface area contributed by atoms with Crippen molar-refractivity contribution in [2.45, 2.75) is 38.5 Å². The Morgan fingerprint density at radius 2 is 1.90 bits per heavy atom. The summed E-state index contributed by atoms with van der Waals surface area (Å²) >= 11 is 0. The lowest BCUT2D eigenvalue weighted by molar-refractivity contribution is -0.143. The summed E-state index contributed by atoms with van der Waals surface area (Å²) < 4.78 is 74.8. The van der Waals surface area contributed by atoms with E-state index in [2.05, 4.69) is 16.8 Å².